The summed E-state index contributed by atoms with van der Waals surface area (Å²) in [5.41, 5.74) is -0.233. The molecule has 0 radical (unpaired) electrons. The van der Waals surface area contributed by atoms with Gasteiger partial charge in [-0.3, -0.25) is 9.59 Å². The molecule has 0 unspecified atom stereocenters. The maximum absolute atomic E-state index is 12.6. The smallest absolute Gasteiger partial charge is 0.333 e. The zero-order valence-electron chi connectivity index (χ0n) is 19.2. The fourth-order valence-electron chi connectivity index (χ4n) is 6.26. The summed E-state index contributed by atoms with van der Waals surface area (Å²) < 4.78 is 11.8. The molecule has 35 heavy (non-hydrogen) atoms. The third-order valence-electron chi connectivity index (χ3n) is 7.90. The highest BCUT2D eigenvalue weighted by atomic mass is 16.6. The lowest BCUT2D eigenvalue weighted by Crippen LogP contribution is -2.74. The van der Waals surface area contributed by atoms with Gasteiger partial charge in [-0.1, -0.05) is 6.07 Å². The number of amides is 1. The SMILES string of the molecule is CN1CC[C@]23c4c5ccc(O)c4O[C@H]2C(OC(=O)CCNC(=O)C[C@H](O)C(=O)O)=CC[C@@]3(O)[C@@H]1C5. The van der Waals surface area contributed by atoms with Crippen LogP contribution in [0.4, 0.5) is 0 Å². The predicted molar refractivity (Wildman–Crippen MR) is 119 cm³/mol. The average Bonchev–Trinajstić information content (AvgIpc) is 3.15. The molecule has 188 valence electrons. The van der Waals surface area contributed by atoms with E-state index in [0.29, 0.717) is 25.1 Å². The van der Waals surface area contributed by atoms with E-state index in [9.17, 15) is 29.7 Å². The number of likely N-dealkylation sites (tertiary alicyclic amines) is 1. The van der Waals surface area contributed by atoms with E-state index < -0.39 is 47.5 Å². The lowest BCUT2D eigenvalue weighted by molar-refractivity contribution is -0.169. The van der Waals surface area contributed by atoms with Crippen molar-refractivity contribution in [2.24, 2.45) is 0 Å². The number of carboxylic acid groups (broad SMARTS) is 1. The number of aliphatic hydroxyl groups excluding tert-OH is 1. The molecule has 1 spiro atoms. The van der Waals surface area contributed by atoms with E-state index in [1.54, 1.807) is 12.1 Å². The Hall–Kier alpha value is -3.15. The van der Waals surface area contributed by atoms with Crippen molar-refractivity contribution >= 4 is 17.8 Å². The maximum atomic E-state index is 12.6. The molecule has 5 rings (SSSR count). The number of nitrogens with one attached hydrogen (secondary N) is 1. The number of benzene rings is 1. The van der Waals surface area contributed by atoms with Gasteiger partial charge in [-0.15, -0.1) is 0 Å². The number of likely N-dealkylation sites (N-methyl/N-ethyl adjacent to an activating group) is 1. The molecular formula is C24H28N2O9. The number of nitrogens with zero attached hydrogens (tertiary/aromatic N) is 1. The summed E-state index contributed by atoms with van der Waals surface area (Å²) in [6, 6.07) is 3.29. The van der Waals surface area contributed by atoms with Crippen molar-refractivity contribution in [1.82, 2.24) is 10.2 Å². The first-order chi connectivity index (χ1) is 16.6. The monoisotopic (exact) mass is 488 g/mol. The number of hydrogen-bond acceptors (Lipinski definition) is 9. The van der Waals surface area contributed by atoms with Gasteiger partial charge in [0.25, 0.3) is 0 Å². The number of rotatable bonds is 7. The van der Waals surface area contributed by atoms with Gasteiger partial charge >= 0.3 is 11.9 Å². The number of phenols is 1. The van der Waals surface area contributed by atoms with Crippen molar-refractivity contribution in [2.75, 3.05) is 20.1 Å². The summed E-state index contributed by atoms with van der Waals surface area (Å²) in [5.74, 6) is -2.29. The number of ether oxygens (including phenoxy) is 2. The third-order valence-corrected chi connectivity index (χ3v) is 7.90. The van der Waals surface area contributed by atoms with E-state index in [1.165, 1.54) is 0 Å². The highest BCUT2D eigenvalue weighted by Gasteiger charge is 2.72. The van der Waals surface area contributed by atoms with Gasteiger partial charge in [0.1, 0.15) is 5.76 Å². The second kappa shape index (κ2) is 8.21. The molecular weight excluding hydrogens is 460 g/mol. The van der Waals surface area contributed by atoms with Crippen LogP contribution in [0.15, 0.2) is 24.0 Å². The van der Waals surface area contributed by atoms with Crippen molar-refractivity contribution in [3.05, 3.63) is 35.1 Å². The van der Waals surface area contributed by atoms with E-state index in [0.717, 1.165) is 11.1 Å². The molecule has 1 amide bonds. The molecule has 1 aromatic carbocycles. The van der Waals surface area contributed by atoms with E-state index in [-0.39, 0.29) is 36.9 Å². The number of hydrogen-bond donors (Lipinski definition) is 5. The molecule has 11 nitrogen and oxygen atoms in total. The Morgan fingerprint density at radius 1 is 1.34 bits per heavy atom. The molecule has 11 heteroatoms. The number of aliphatic hydroxyl groups is 2. The number of carboxylic acids is 1. The van der Waals surface area contributed by atoms with Crippen molar-refractivity contribution in [2.45, 2.75) is 61.4 Å². The van der Waals surface area contributed by atoms with Crippen molar-refractivity contribution in [1.29, 1.82) is 0 Å². The van der Waals surface area contributed by atoms with E-state index >= 15 is 0 Å². The lowest BCUT2D eigenvalue weighted by atomic mass is 9.50. The van der Waals surface area contributed by atoms with E-state index in [4.69, 9.17) is 14.6 Å². The molecule has 5 N–H and O–H groups in total. The molecule has 5 atom stereocenters. The van der Waals surface area contributed by atoms with Gasteiger partial charge in [0.05, 0.1) is 23.9 Å². The Morgan fingerprint density at radius 3 is 2.86 bits per heavy atom. The van der Waals surface area contributed by atoms with Gasteiger partial charge in [-0.05, 0) is 44.1 Å². The summed E-state index contributed by atoms with van der Waals surface area (Å²) >= 11 is 0. The normalized spacial score (nSPS) is 31.0. The molecule has 2 bridgehead atoms. The Morgan fingerprint density at radius 2 is 2.11 bits per heavy atom. The summed E-state index contributed by atoms with van der Waals surface area (Å²) in [5, 5.41) is 42.9. The van der Waals surface area contributed by atoms with Crippen molar-refractivity contribution in [3.8, 4) is 11.5 Å². The molecule has 0 saturated carbocycles. The molecule has 4 aliphatic rings. The quantitative estimate of drug-likeness (QED) is 0.318. The maximum Gasteiger partial charge on any atom is 0.333 e. The number of aliphatic carboxylic acids is 1. The Kier molecular flexibility index (Phi) is 5.53. The Balaban J connectivity index is 1.34. The molecule has 2 aliphatic heterocycles. The predicted octanol–water partition coefficient (Wildman–Crippen LogP) is -0.445. The van der Waals surface area contributed by atoms with Crippen molar-refractivity contribution < 1.29 is 44.3 Å². The second-order valence-corrected chi connectivity index (χ2v) is 9.73. The highest BCUT2D eigenvalue weighted by Crippen LogP contribution is 2.65. The van der Waals surface area contributed by atoms with Gasteiger partial charge < -0.3 is 40.1 Å². The van der Waals surface area contributed by atoms with E-state index in [2.05, 4.69) is 10.2 Å². The highest BCUT2D eigenvalue weighted by molar-refractivity contribution is 5.83. The van der Waals surface area contributed by atoms with Gasteiger partial charge in [0.15, 0.2) is 23.7 Å². The average molecular weight is 488 g/mol. The van der Waals surface area contributed by atoms with Crippen LogP contribution in [-0.4, -0.2) is 87.2 Å². The summed E-state index contributed by atoms with van der Waals surface area (Å²) in [6.07, 6.45) is -0.315. The molecule has 2 heterocycles. The van der Waals surface area contributed by atoms with E-state index in [1.807, 2.05) is 13.1 Å². The zero-order valence-corrected chi connectivity index (χ0v) is 19.2. The first kappa shape index (κ1) is 23.6. The van der Waals surface area contributed by atoms with Crippen LogP contribution in [0.25, 0.3) is 0 Å². The molecule has 1 fully saturated rings. The van der Waals surface area contributed by atoms with Crippen LogP contribution in [-0.2, 0) is 31.0 Å². The van der Waals surface area contributed by atoms with Gasteiger partial charge in [-0.25, -0.2) is 4.79 Å². The van der Waals surface area contributed by atoms with Crippen LogP contribution in [0.1, 0.15) is 36.8 Å². The Labute approximate surface area is 200 Å². The van der Waals surface area contributed by atoms with Gasteiger partial charge in [0.2, 0.25) is 5.91 Å². The fraction of sp³-hybridized carbons (Fsp3) is 0.542. The van der Waals surface area contributed by atoms with Crippen LogP contribution in [0.5, 0.6) is 11.5 Å². The van der Waals surface area contributed by atoms with Gasteiger partial charge in [0, 0.05) is 24.6 Å². The number of carbonyl (C=O) groups is 3. The largest absolute Gasteiger partial charge is 0.504 e. The molecule has 1 saturated heterocycles. The van der Waals surface area contributed by atoms with Crippen LogP contribution < -0.4 is 10.1 Å². The summed E-state index contributed by atoms with van der Waals surface area (Å²) in [7, 11) is 1.98. The minimum atomic E-state index is -1.82. The van der Waals surface area contributed by atoms with Crippen LogP contribution in [0.3, 0.4) is 0 Å². The number of carbonyl (C=O) groups excluding carboxylic acids is 2. The zero-order chi connectivity index (χ0) is 25.1. The number of phenolic OH excluding ortho intramolecular Hbond substituents is 1. The standard InChI is InChI=1S/C24H28N2O9/c1-26-9-7-23-19-12-2-3-13(27)20(19)35-21(23)15(4-6-24(23,33)16(26)10-12)34-18(30)5-8-25-17(29)11-14(28)22(31)32/h2-4,14,16,21,27-28,33H,5-11H2,1H3,(H,25,29)(H,31,32)/t14-,16-,21-,23-,24+/m0/s1. The molecule has 2 aliphatic carbocycles. The van der Waals surface area contributed by atoms with Crippen LogP contribution in [0, 0.1) is 0 Å². The summed E-state index contributed by atoms with van der Waals surface area (Å²) in [6.45, 7) is 0.604. The first-order valence-electron chi connectivity index (χ1n) is 11.6. The minimum Gasteiger partial charge on any atom is -0.504 e. The first-order valence-corrected chi connectivity index (χ1v) is 11.6. The van der Waals surface area contributed by atoms with Crippen LogP contribution in [0.2, 0.25) is 0 Å². The number of esters is 1. The second-order valence-electron chi connectivity index (χ2n) is 9.73. The topological polar surface area (TPSA) is 166 Å². The Bertz CT molecular complexity index is 1130. The van der Waals surface area contributed by atoms with Gasteiger partial charge in [-0.2, -0.15) is 0 Å². The third kappa shape index (κ3) is 3.40. The lowest BCUT2D eigenvalue weighted by Gasteiger charge is -2.61. The van der Waals surface area contributed by atoms with Crippen LogP contribution >= 0.6 is 0 Å². The number of piperidine rings is 1. The number of aromatic hydroxyl groups is 1. The minimum absolute atomic E-state index is 0.0239. The van der Waals surface area contributed by atoms with Crippen molar-refractivity contribution in [3.63, 3.8) is 0 Å². The summed E-state index contributed by atoms with van der Waals surface area (Å²) in [4.78, 5) is 37.1. The fourth-order valence-corrected chi connectivity index (χ4v) is 6.26. The molecule has 1 aromatic rings. The molecule has 0 aromatic heterocycles.